The van der Waals surface area contributed by atoms with Gasteiger partial charge in [-0.15, -0.1) is 11.8 Å². The topological polar surface area (TPSA) is 54.7 Å². The van der Waals surface area contributed by atoms with Gasteiger partial charge in [0.25, 0.3) is 0 Å². The number of ether oxygens (including phenoxy) is 1. The lowest BCUT2D eigenvalue weighted by molar-refractivity contribution is -0.00798. The van der Waals surface area contributed by atoms with Gasteiger partial charge in [-0.05, 0) is 19.1 Å². The maximum atomic E-state index is 5.91. The highest BCUT2D eigenvalue weighted by molar-refractivity contribution is 7.99. The van der Waals surface area contributed by atoms with E-state index in [1.807, 2.05) is 42.9 Å². The lowest BCUT2D eigenvalue weighted by Gasteiger charge is -2.34. The summed E-state index contributed by atoms with van der Waals surface area (Å²) < 4.78 is 7.73. The molecule has 1 saturated heterocycles. The summed E-state index contributed by atoms with van der Waals surface area (Å²) in [5.41, 5.74) is 2.41. The third kappa shape index (κ3) is 5.02. The van der Waals surface area contributed by atoms with Crippen LogP contribution in [0.4, 0.5) is 0 Å². The molecule has 1 aromatic heterocycles. The van der Waals surface area contributed by atoms with Crippen LogP contribution in [0.1, 0.15) is 17.2 Å². The number of aryl methyl sites for hydroxylation is 2. The molecule has 7 heteroatoms. The number of hydrogen-bond donors (Lipinski definition) is 1. The number of rotatable bonds is 5. The number of benzene rings is 1. The summed E-state index contributed by atoms with van der Waals surface area (Å²) in [6.45, 7) is 5.32. The van der Waals surface area contributed by atoms with Crippen LogP contribution in [0, 0.1) is 6.92 Å². The maximum absolute atomic E-state index is 5.91. The number of hydrogen-bond acceptors (Lipinski definition) is 4. The summed E-state index contributed by atoms with van der Waals surface area (Å²) in [5, 5.41) is 7.72. The molecule has 0 bridgehead atoms. The number of aromatic nitrogens is 2. The SMILES string of the molecule is CN=C(NCCSc1ccc(C)cc1)N1CCOC(c2cnn(C)c2)C1. The van der Waals surface area contributed by atoms with E-state index in [1.54, 1.807) is 0 Å². The van der Waals surface area contributed by atoms with Gasteiger partial charge in [-0.2, -0.15) is 5.10 Å². The number of guanidine groups is 1. The molecule has 1 fully saturated rings. The molecule has 26 heavy (non-hydrogen) atoms. The van der Waals surface area contributed by atoms with Crippen molar-refractivity contribution in [1.82, 2.24) is 20.0 Å². The van der Waals surface area contributed by atoms with E-state index in [0.29, 0.717) is 6.61 Å². The lowest BCUT2D eigenvalue weighted by atomic mass is 10.1. The molecular weight excluding hydrogens is 346 g/mol. The largest absolute Gasteiger partial charge is 0.370 e. The van der Waals surface area contributed by atoms with Crippen molar-refractivity contribution in [2.24, 2.45) is 12.0 Å². The highest BCUT2D eigenvalue weighted by Crippen LogP contribution is 2.22. The van der Waals surface area contributed by atoms with E-state index >= 15 is 0 Å². The number of morpholine rings is 1. The molecule has 0 radical (unpaired) electrons. The Balaban J connectivity index is 1.48. The predicted molar refractivity (Wildman–Crippen MR) is 107 cm³/mol. The molecule has 0 aliphatic carbocycles. The summed E-state index contributed by atoms with van der Waals surface area (Å²) in [7, 11) is 3.76. The van der Waals surface area contributed by atoms with Crippen LogP contribution in [0.5, 0.6) is 0 Å². The van der Waals surface area contributed by atoms with Crippen LogP contribution in [0.25, 0.3) is 0 Å². The highest BCUT2D eigenvalue weighted by Gasteiger charge is 2.24. The lowest BCUT2D eigenvalue weighted by Crippen LogP contribution is -2.48. The second-order valence-electron chi connectivity index (χ2n) is 6.39. The fourth-order valence-corrected chi connectivity index (χ4v) is 3.72. The predicted octanol–water partition coefficient (Wildman–Crippen LogP) is 2.47. The van der Waals surface area contributed by atoms with Crippen molar-refractivity contribution in [3.63, 3.8) is 0 Å². The maximum Gasteiger partial charge on any atom is 0.193 e. The van der Waals surface area contributed by atoms with Gasteiger partial charge >= 0.3 is 0 Å². The fourth-order valence-electron chi connectivity index (χ4n) is 2.95. The quantitative estimate of drug-likeness (QED) is 0.378. The van der Waals surface area contributed by atoms with E-state index in [1.165, 1.54) is 10.5 Å². The zero-order valence-corrected chi connectivity index (χ0v) is 16.5. The summed E-state index contributed by atoms with van der Waals surface area (Å²) >= 11 is 1.86. The molecule has 1 aromatic carbocycles. The normalized spacial score (nSPS) is 18.2. The summed E-state index contributed by atoms with van der Waals surface area (Å²) in [6.07, 6.45) is 3.93. The first kappa shape index (κ1) is 18.8. The molecule has 140 valence electrons. The average molecular weight is 374 g/mol. The minimum atomic E-state index is 0.0398. The Hall–Kier alpha value is -1.99. The van der Waals surface area contributed by atoms with Gasteiger partial charge in [0.2, 0.25) is 0 Å². The van der Waals surface area contributed by atoms with Crippen LogP contribution in [0.2, 0.25) is 0 Å². The Bertz CT molecular complexity index is 728. The number of aliphatic imine (C=N–C) groups is 1. The molecular formula is C19H27N5OS. The Labute approximate surface area is 159 Å². The van der Waals surface area contributed by atoms with E-state index in [2.05, 4.69) is 51.5 Å². The van der Waals surface area contributed by atoms with Gasteiger partial charge in [-0.3, -0.25) is 9.67 Å². The third-order valence-electron chi connectivity index (χ3n) is 4.35. The standard InChI is InChI=1S/C19H27N5OS/c1-15-4-6-17(7-5-15)26-11-8-21-19(20-2)24-9-10-25-18(14-24)16-12-22-23(3)13-16/h4-7,12-13,18H,8-11,14H2,1-3H3,(H,20,21). The van der Waals surface area contributed by atoms with Crippen LogP contribution < -0.4 is 5.32 Å². The second kappa shape index (κ2) is 9.09. The van der Waals surface area contributed by atoms with Gasteiger partial charge in [0.1, 0.15) is 6.10 Å². The van der Waals surface area contributed by atoms with Crippen LogP contribution in [-0.2, 0) is 11.8 Å². The zero-order chi connectivity index (χ0) is 18.4. The van der Waals surface area contributed by atoms with Crippen molar-refractivity contribution in [3.8, 4) is 0 Å². The molecule has 1 aliphatic rings. The third-order valence-corrected chi connectivity index (χ3v) is 5.36. The summed E-state index contributed by atoms with van der Waals surface area (Å²) in [4.78, 5) is 8.01. The Morgan fingerprint density at radius 3 is 2.88 bits per heavy atom. The fraction of sp³-hybridized carbons (Fsp3) is 0.474. The van der Waals surface area contributed by atoms with Crippen molar-refractivity contribution < 1.29 is 4.74 Å². The second-order valence-corrected chi connectivity index (χ2v) is 7.56. The zero-order valence-electron chi connectivity index (χ0n) is 15.7. The van der Waals surface area contributed by atoms with Crippen molar-refractivity contribution in [2.45, 2.75) is 17.9 Å². The average Bonchev–Trinajstić information content (AvgIpc) is 3.10. The van der Waals surface area contributed by atoms with Crippen molar-refractivity contribution >= 4 is 17.7 Å². The molecule has 1 aliphatic heterocycles. The number of nitrogens with one attached hydrogen (secondary N) is 1. The molecule has 2 heterocycles. The van der Waals surface area contributed by atoms with E-state index < -0.39 is 0 Å². The smallest absolute Gasteiger partial charge is 0.193 e. The molecule has 0 amide bonds. The molecule has 1 unspecified atom stereocenters. The van der Waals surface area contributed by atoms with Gasteiger partial charge in [0.15, 0.2) is 5.96 Å². The van der Waals surface area contributed by atoms with Crippen LogP contribution in [0.15, 0.2) is 46.5 Å². The van der Waals surface area contributed by atoms with E-state index in [9.17, 15) is 0 Å². The van der Waals surface area contributed by atoms with Crippen molar-refractivity contribution in [1.29, 1.82) is 0 Å². The Morgan fingerprint density at radius 1 is 1.38 bits per heavy atom. The van der Waals surface area contributed by atoms with Crippen LogP contribution >= 0.6 is 11.8 Å². The van der Waals surface area contributed by atoms with Gasteiger partial charge < -0.3 is 15.0 Å². The first-order chi connectivity index (χ1) is 12.7. The summed E-state index contributed by atoms with van der Waals surface area (Å²) in [5.74, 6) is 1.94. The van der Waals surface area contributed by atoms with E-state index in [-0.39, 0.29) is 6.10 Å². The minimum Gasteiger partial charge on any atom is -0.370 e. The monoisotopic (exact) mass is 373 g/mol. The van der Waals surface area contributed by atoms with E-state index in [4.69, 9.17) is 4.74 Å². The van der Waals surface area contributed by atoms with Crippen LogP contribution in [0.3, 0.4) is 0 Å². The molecule has 2 aromatic rings. The number of thioether (sulfide) groups is 1. The van der Waals surface area contributed by atoms with Gasteiger partial charge in [0, 0.05) is 49.6 Å². The van der Waals surface area contributed by atoms with Gasteiger partial charge in [0.05, 0.1) is 19.3 Å². The van der Waals surface area contributed by atoms with Crippen molar-refractivity contribution in [2.75, 3.05) is 39.0 Å². The van der Waals surface area contributed by atoms with E-state index in [0.717, 1.165) is 36.9 Å². The summed E-state index contributed by atoms with van der Waals surface area (Å²) in [6, 6.07) is 8.66. The minimum absolute atomic E-state index is 0.0398. The molecule has 0 saturated carbocycles. The van der Waals surface area contributed by atoms with Gasteiger partial charge in [-0.1, -0.05) is 17.7 Å². The molecule has 3 rings (SSSR count). The Kier molecular flexibility index (Phi) is 6.57. The highest BCUT2D eigenvalue weighted by atomic mass is 32.2. The first-order valence-corrected chi connectivity index (χ1v) is 9.89. The molecule has 1 atom stereocenters. The first-order valence-electron chi connectivity index (χ1n) is 8.91. The Morgan fingerprint density at radius 2 is 2.19 bits per heavy atom. The molecule has 6 nitrogen and oxygen atoms in total. The van der Waals surface area contributed by atoms with Gasteiger partial charge in [-0.25, -0.2) is 0 Å². The molecule has 0 spiro atoms. The van der Waals surface area contributed by atoms with Crippen molar-refractivity contribution in [3.05, 3.63) is 47.8 Å². The molecule has 1 N–H and O–H groups in total. The van der Waals surface area contributed by atoms with Crippen LogP contribution in [-0.4, -0.2) is 59.7 Å². The number of nitrogens with zero attached hydrogens (tertiary/aromatic N) is 4.